The number of nitro benzene ring substituents is 1. The standard InChI is InChI=1S/C10H12BrNO3/c1-7-5-8(2)10(15-4-3-11)9(6-7)12(13)14/h5-6H,3-4H2,1-2H3. The number of nitro groups is 1. The molecule has 15 heavy (non-hydrogen) atoms. The number of nitrogens with zero attached hydrogens (tertiary/aromatic N) is 1. The maximum atomic E-state index is 10.8. The van der Waals surface area contributed by atoms with Crippen molar-refractivity contribution >= 4 is 21.6 Å². The number of hydrogen-bond acceptors (Lipinski definition) is 3. The van der Waals surface area contributed by atoms with Gasteiger partial charge in [0.1, 0.15) is 0 Å². The Kier molecular flexibility index (Phi) is 4.08. The van der Waals surface area contributed by atoms with Gasteiger partial charge < -0.3 is 4.74 Å². The molecule has 0 N–H and O–H groups in total. The Balaban J connectivity index is 3.15. The van der Waals surface area contributed by atoms with Gasteiger partial charge >= 0.3 is 5.69 Å². The van der Waals surface area contributed by atoms with E-state index >= 15 is 0 Å². The van der Waals surface area contributed by atoms with Crippen molar-refractivity contribution in [2.75, 3.05) is 11.9 Å². The molecular formula is C10H12BrNO3. The van der Waals surface area contributed by atoms with Crippen LogP contribution in [0.2, 0.25) is 0 Å². The van der Waals surface area contributed by atoms with Crippen molar-refractivity contribution in [3.05, 3.63) is 33.4 Å². The van der Waals surface area contributed by atoms with Crippen molar-refractivity contribution < 1.29 is 9.66 Å². The highest BCUT2D eigenvalue weighted by molar-refractivity contribution is 9.09. The van der Waals surface area contributed by atoms with Gasteiger partial charge in [0, 0.05) is 11.4 Å². The van der Waals surface area contributed by atoms with Gasteiger partial charge in [-0.15, -0.1) is 0 Å². The molecule has 0 saturated heterocycles. The summed E-state index contributed by atoms with van der Waals surface area (Å²) in [5, 5.41) is 11.5. The quantitative estimate of drug-likeness (QED) is 0.482. The second kappa shape index (κ2) is 5.11. The van der Waals surface area contributed by atoms with Gasteiger partial charge in [-0.3, -0.25) is 10.1 Å². The molecule has 0 heterocycles. The van der Waals surface area contributed by atoms with Gasteiger partial charge in [0.2, 0.25) is 0 Å². The minimum Gasteiger partial charge on any atom is -0.486 e. The van der Waals surface area contributed by atoms with Crippen molar-refractivity contribution in [3.8, 4) is 5.75 Å². The van der Waals surface area contributed by atoms with Crippen LogP contribution in [0, 0.1) is 24.0 Å². The number of ether oxygens (including phenoxy) is 1. The number of halogens is 1. The summed E-state index contributed by atoms with van der Waals surface area (Å²) in [4.78, 5) is 10.4. The zero-order chi connectivity index (χ0) is 11.4. The van der Waals surface area contributed by atoms with Gasteiger partial charge in [0.05, 0.1) is 11.5 Å². The van der Waals surface area contributed by atoms with Gasteiger partial charge in [-0.1, -0.05) is 22.0 Å². The van der Waals surface area contributed by atoms with E-state index in [0.29, 0.717) is 17.7 Å². The zero-order valence-electron chi connectivity index (χ0n) is 8.62. The molecule has 0 spiro atoms. The van der Waals surface area contributed by atoms with Gasteiger partial charge in [0.25, 0.3) is 0 Å². The van der Waals surface area contributed by atoms with Crippen LogP contribution in [0.3, 0.4) is 0 Å². The number of alkyl halides is 1. The molecule has 0 aliphatic carbocycles. The first kappa shape index (κ1) is 12.0. The summed E-state index contributed by atoms with van der Waals surface area (Å²) >= 11 is 3.21. The summed E-state index contributed by atoms with van der Waals surface area (Å²) in [6.45, 7) is 4.06. The lowest BCUT2D eigenvalue weighted by Crippen LogP contribution is -2.03. The molecule has 0 aliphatic heterocycles. The van der Waals surface area contributed by atoms with Crippen LogP contribution in [-0.4, -0.2) is 16.9 Å². The minimum atomic E-state index is -0.413. The van der Waals surface area contributed by atoms with Gasteiger partial charge in [-0.05, 0) is 25.0 Å². The zero-order valence-corrected chi connectivity index (χ0v) is 10.2. The molecular weight excluding hydrogens is 262 g/mol. The topological polar surface area (TPSA) is 52.4 Å². The van der Waals surface area contributed by atoms with Gasteiger partial charge in [-0.2, -0.15) is 0 Å². The van der Waals surface area contributed by atoms with E-state index in [-0.39, 0.29) is 5.69 Å². The van der Waals surface area contributed by atoms with Crippen molar-refractivity contribution in [3.63, 3.8) is 0 Å². The molecule has 0 aliphatic rings. The fraction of sp³-hybridized carbons (Fsp3) is 0.400. The van der Waals surface area contributed by atoms with Crippen LogP contribution in [0.4, 0.5) is 5.69 Å². The van der Waals surface area contributed by atoms with Crippen LogP contribution in [-0.2, 0) is 0 Å². The Morgan fingerprint density at radius 3 is 2.67 bits per heavy atom. The Labute approximate surface area is 96.5 Å². The normalized spacial score (nSPS) is 10.1. The first-order valence-electron chi connectivity index (χ1n) is 4.50. The molecule has 4 nitrogen and oxygen atoms in total. The summed E-state index contributed by atoms with van der Waals surface area (Å²) in [5.41, 5.74) is 1.70. The highest BCUT2D eigenvalue weighted by Crippen LogP contribution is 2.31. The molecule has 0 bridgehead atoms. The smallest absolute Gasteiger partial charge is 0.311 e. The average Bonchev–Trinajstić information content (AvgIpc) is 2.15. The summed E-state index contributed by atoms with van der Waals surface area (Å²) in [7, 11) is 0. The molecule has 1 aromatic rings. The first-order valence-corrected chi connectivity index (χ1v) is 5.62. The van der Waals surface area contributed by atoms with E-state index in [4.69, 9.17) is 4.74 Å². The van der Waals surface area contributed by atoms with Crippen molar-refractivity contribution in [2.45, 2.75) is 13.8 Å². The number of hydrogen-bond donors (Lipinski definition) is 0. The molecule has 0 aromatic heterocycles. The summed E-state index contributed by atoms with van der Waals surface area (Å²) < 4.78 is 5.34. The maximum absolute atomic E-state index is 10.8. The third-order valence-electron chi connectivity index (χ3n) is 1.92. The second-order valence-corrected chi connectivity index (χ2v) is 4.02. The third kappa shape index (κ3) is 2.92. The SMILES string of the molecule is Cc1cc(C)c(OCCBr)c([N+](=O)[O-])c1. The summed E-state index contributed by atoms with van der Waals surface area (Å²) in [5.74, 6) is 0.366. The van der Waals surface area contributed by atoms with E-state index < -0.39 is 4.92 Å². The van der Waals surface area contributed by atoms with E-state index in [9.17, 15) is 10.1 Å². The molecule has 5 heteroatoms. The van der Waals surface area contributed by atoms with Crippen LogP contribution in [0.25, 0.3) is 0 Å². The van der Waals surface area contributed by atoms with Crippen molar-refractivity contribution in [2.24, 2.45) is 0 Å². The first-order chi connectivity index (χ1) is 7.06. The minimum absolute atomic E-state index is 0.0356. The van der Waals surface area contributed by atoms with Crippen LogP contribution < -0.4 is 4.74 Å². The average molecular weight is 274 g/mol. The molecule has 0 atom stereocenters. The van der Waals surface area contributed by atoms with Gasteiger partial charge in [0.15, 0.2) is 5.75 Å². The highest BCUT2D eigenvalue weighted by atomic mass is 79.9. The fourth-order valence-corrected chi connectivity index (χ4v) is 1.56. The Bertz CT molecular complexity index is 379. The highest BCUT2D eigenvalue weighted by Gasteiger charge is 2.17. The van der Waals surface area contributed by atoms with Crippen LogP contribution in [0.5, 0.6) is 5.75 Å². The van der Waals surface area contributed by atoms with Crippen molar-refractivity contribution in [1.29, 1.82) is 0 Å². The molecule has 0 amide bonds. The van der Waals surface area contributed by atoms with Crippen molar-refractivity contribution in [1.82, 2.24) is 0 Å². The Hall–Kier alpha value is -1.10. The fourth-order valence-electron chi connectivity index (χ4n) is 1.40. The molecule has 0 radical (unpaired) electrons. The molecule has 0 unspecified atom stereocenters. The van der Waals surface area contributed by atoms with Crippen LogP contribution >= 0.6 is 15.9 Å². The van der Waals surface area contributed by atoms with Crippen LogP contribution in [0.1, 0.15) is 11.1 Å². The van der Waals surface area contributed by atoms with E-state index in [2.05, 4.69) is 15.9 Å². The lowest BCUT2D eigenvalue weighted by atomic mass is 10.1. The molecule has 0 fully saturated rings. The molecule has 0 saturated carbocycles. The number of rotatable bonds is 4. The second-order valence-electron chi connectivity index (χ2n) is 3.22. The lowest BCUT2D eigenvalue weighted by Gasteiger charge is -2.08. The predicted molar refractivity (Wildman–Crippen MR) is 61.9 cm³/mol. The largest absolute Gasteiger partial charge is 0.486 e. The Morgan fingerprint density at radius 2 is 2.13 bits per heavy atom. The van der Waals surface area contributed by atoms with E-state index in [1.807, 2.05) is 19.9 Å². The lowest BCUT2D eigenvalue weighted by molar-refractivity contribution is -0.385. The number of benzene rings is 1. The molecule has 1 rings (SSSR count). The van der Waals surface area contributed by atoms with E-state index in [1.165, 1.54) is 6.07 Å². The van der Waals surface area contributed by atoms with Gasteiger partial charge in [-0.25, -0.2) is 0 Å². The Morgan fingerprint density at radius 1 is 1.47 bits per heavy atom. The molecule has 1 aromatic carbocycles. The predicted octanol–water partition coefficient (Wildman–Crippen LogP) is 2.99. The molecule has 82 valence electrons. The number of aryl methyl sites for hydroxylation is 2. The van der Waals surface area contributed by atoms with Crippen LogP contribution in [0.15, 0.2) is 12.1 Å². The summed E-state index contributed by atoms with van der Waals surface area (Å²) in [6.07, 6.45) is 0. The van der Waals surface area contributed by atoms with E-state index in [0.717, 1.165) is 11.1 Å². The maximum Gasteiger partial charge on any atom is 0.311 e. The monoisotopic (exact) mass is 273 g/mol. The summed E-state index contributed by atoms with van der Waals surface area (Å²) in [6, 6.07) is 3.40. The third-order valence-corrected chi connectivity index (χ3v) is 2.24. The van der Waals surface area contributed by atoms with E-state index in [1.54, 1.807) is 0 Å².